The van der Waals surface area contributed by atoms with Gasteiger partial charge in [0.25, 0.3) is 11.7 Å². The Morgan fingerprint density at radius 1 is 1.02 bits per heavy atom. The smallest absolute Gasteiger partial charge is 0.329 e. The normalized spacial score (nSPS) is 38.7. The zero-order valence-electron chi connectivity index (χ0n) is 35.9. The molecule has 0 aromatic rings. The molecule has 0 radical (unpaired) electrons. The Kier molecular flexibility index (Phi) is 17.7. The number of ether oxygens (including phenoxy) is 5. The van der Waals surface area contributed by atoms with Crippen molar-refractivity contribution in [2.75, 3.05) is 27.4 Å². The minimum Gasteiger partial charge on any atom is -0.456 e. The number of carbonyl (C=O) groups excluding carboxylic acids is 4. The van der Waals surface area contributed by atoms with Crippen molar-refractivity contribution in [1.29, 1.82) is 0 Å². The topological polar surface area (TPSA) is 164 Å². The highest BCUT2D eigenvalue weighted by atomic mass is 16.7. The van der Waals surface area contributed by atoms with Gasteiger partial charge in [0.2, 0.25) is 5.79 Å². The molecule has 2 bridgehead atoms. The van der Waals surface area contributed by atoms with Crippen LogP contribution in [0.2, 0.25) is 0 Å². The van der Waals surface area contributed by atoms with Crippen molar-refractivity contribution in [3.05, 3.63) is 36.0 Å². The molecule has 1 amide bonds. The Morgan fingerprint density at radius 2 is 1.72 bits per heavy atom. The van der Waals surface area contributed by atoms with Gasteiger partial charge in [0.15, 0.2) is 0 Å². The Labute approximate surface area is 341 Å². The largest absolute Gasteiger partial charge is 0.456 e. The van der Waals surface area contributed by atoms with E-state index in [1.165, 1.54) is 4.90 Å². The number of hydrogen-bond acceptors (Lipinski definition) is 11. The van der Waals surface area contributed by atoms with E-state index < -0.39 is 59.8 Å². The minimum atomic E-state index is -2.46. The van der Waals surface area contributed by atoms with Gasteiger partial charge in [0, 0.05) is 45.1 Å². The van der Waals surface area contributed by atoms with Crippen LogP contribution in [0.25, 0.3) is 0 Å². The van der Waals surface area contributed by atoms with E-state index in [2.05, 4.69) is 25.7 Å². The highest BCUT2D eigenvalue weighted by Gasteiger charge is 2.56. The third kappa shape index (κ3) is 11.7. The Hall–Kier alpha value is -2.74. The lowest BCUT2D eigenvalue weighted by molar-refractivity contribution is -0.302. The molecule has 322 valence electrons. The van der Waals surface area contributed by atoms with Crippen LogP contribution in [-0.2, 0) is 42.9 Å². The number of hydrogen-bond donors (Lipinski definition) is 2. The fraction of sp³-hybridized carbons (Fsp3) is 0.778. The molecule has 3 aliphatic heterocycles. The van der Waals surface area contributed by atoms with E-state index in [0.29, 0.717) is 64.4 Å². The van der Waals surface area contributed by atoms with E-state index in [-0.39, 0.29) is 54.6 Å². The van der Waals surface area contributed by atoms with Crippen LogP contribution >= 0.6 is 0 Å². The van der Waals surface area contributed by atoms with Crippen LogP contribution in [-0.4, -0.2) is 109 Å². The van der Waals surface area contributed by atoms with Gasteiger partial charge in [-0.05, 0) is 108 Å². The first kappa shape index (κ1) is 46.9. The summed E-state index contributed by atoms with van der Waals surface area (Å²) in [7, 11) is 3.11. The van der Waals surface area contributed by atoms with E-state index in [9.17, 15) is 24.3 Å². The molecule has 3 fully saturated rings. The minimum absolute atomic E-state index is 0.0522. The highest BCUT2D eigenvalue weighted by molar-refractivity contribution is 6.39. The molecule has 1 aliphatic carbocycles. The molecule has 4 rings (SSSR count). The van der Waals surface area contributed by atoms with Crippen LogP contribution in [0.5, 0.6) is 0 Å². The molecule has 0 aromatic carbocycles. The van der Waals surface area contributed by atoms with E-state index >= 15 is 0 Å². The maximum absolute atomic E-state index is 14.3. The summed E-state index contributed by atoms with van der Waals surface area (Å²) in [6.07, 6.45) is 10.1. The van der Waals surface area contributed by atoms with Crippen molar-refractivity contribution in [1.82, 2.24) is 4.90 Å². The quantitative estimate of drug-likeness (QED) is 0.168. The predicted octanol–water partition coefficient (Wildman–Crippen LogP) is 6.02. The van der Waals surface area contributed by atoms with E-state index in [1.807, 2.05) is 27.7 Å². The molecule has 13 unspecified atom stereocenters. The standard InChI is InChI=1S/C45H72N2O10/c1-10-20-55-37-18-16-32(26-34(37)46)24-30(6)40-29(5)15-17-36(48)33(11-2)22-27(3)21-28(4)23-38(53-8)41-39(54-9)25-31(7)45(52,57-41)42(49)43(50)47-19-13-12-14-35(47)44(51)56-40/h10,22,24,28-29,31-35,37-41,52H,1,11-21,23,25-26,46H2,2-9H3. The SMILES string of the molecule is C=CCOC1CCC(C=C(C)C2OC(=O)C3CCCCN3C(=O)C(=O)C3(O)OC(C(OC)CC(C)CC(C)=CC(CC)C(=O)CCC2C)C(OC)CC3C)CC1N. The number of carbonyl (C=O) groups is 4. The summed E-state index contributed by atoms with van der Waals surface area (Å²) >= 11 is 0. The lowest BCUT2D eigenvalue weighted by Gasteiger charge is -2.47. The van der Waals surface area contributed by atoms with Crippen molar-refractivity contribution in [3.63, 3.8) is 0 Å². The molecular formula is C45H72N2O10. The molecule has 0 aromatic heterocycles. The lowest BCUT2D eigenvalue weighted by Crippen LogP contribution is -2.64. The van der Waals surface area contributed by atoms with Crippen LogP contribution in [0.1, 0.15) is 119 Å². The van der Waals surface area contributed by atoms with Gasteiger partial charge in [-0.15, -0.1) is 6.58 Å². The molecular weight excluding hydrogens is 728 g/mol. The van der Waals surface area contributed by atoms with Gasteiger partial charge in [-0.1, -0.05) is 51.5 Å². The van der Waals surface area contributed by atoms with E-state index in [1.54, 1.807) is 27.2 Å². The average Bonchev–Trinajstić information content (AvgIpc) is 3.19. The van der Waals surface area contributed by atoms with Crippen LogP contribution in [0.15, 0.2) is 36.0 Å². The number of rotatable bonds is 8. The van der Waals surface area contributed by atoms with Gasteiger partial charge in [0.05, 0.1) is 24.9 Å². The first-order valence-corrected chi connectivity index (χ1v) is 21.5. The number of amides is 1. The van der Waals surface area contributed by atoms with Crippen LogP contribution < -0.4 is 5.73 Å². The summed E-state index contributed by atoms with van der Waals surface area (Å²) in [5.74, 6) is -6.06. The second-order valence-corrected chi connectivity index (χ2v) is 17.5. The molecule has 12 heteroatoms. The number of ketones is 2. The summed E-state index contributed by atoms with van der Waals surface area (Å²) in [5.41, 5.74) is 8.48. The van der Waals surface area contributed by atoms with Crippen LogP contribution in [0.4, 0.5) is 0 Å². The van der Waals surface area contributed by atoms with Crippen molar-refractivity contribution in [2.24, 2.45) is 35.3 Å². The maximum Gasteiger partial charge on any atom is 0.329 e. The zero-order valence-corrected chi connectivity index (χ0v) is 35.9. The third-order valence-corrected chi connectivity index (χ3v) is 13.0. The van der Waals surface area contributed by atoms with Crippen molar-refractivity contribution >= 4 is 23.4 Å². The van der Waals surface area contributed by atoms with Gasteiger partial charge in [-0.2, -0.15) is 0 Å². The molecule has 57 heavy (non-hydrogen) atoms. The molecule has 1 saturated carbocycles. The average molecular weight is 801 g/mol. The second kappa shape index (κ2) is 21.5. The van der Waals surface area contributed by atoms with Gasteiger partial charge in [0.1, 0.15) is 24.0 Å². The van der Waals surface area contributed by atoms with Gasteiger partial charge < -0.3 is 39.4 Å². The number of fused-ring (bicyclic) bond motifs is 3. The maximum atomic E-state index is 14.3. The van der Waals surface area contributed by atoms with Crippen LogP contribution in [0, 0.1) is 29.6 Å². The Balaban J connectivity index is 1.71. The van der Waals surface area contributed by atoms with E-state index in [0.717, 1.165) is 24.0 Å². The summed E-state index contributed by atoms with van der Waals surface area (Å²) < 4.78 is 30.3. The number of cyclic esters (lactones) is 1. The fourth-order valence-corrected chi connectivity index (χ4v) is 9.61. The first-order valence-electron chi connectivity index (χ1n) is 21.5. The number of esters is 1. The molecule has 3 N–H and O–H groups in total. The number of methoxy groups -OCH3 is 2. The molecule has 4 aliphatic rings. The van der Waals surface area contributed by atoms with Crippen molar-refractivity contribution in [2.45, 2.75) is 167 Å². The first-order chi connectivity index (χ1) is 27.1. The summed E-state index contributed by atoms with van der Waals surface area (Å²) in [4.78, 5) is 57.8. The molecule has 13 atom stereocenters. The van der Waals surface area contributed by atoms with Crippen LogP contribution in [0.3, 0.4) is 0 Å². The van der Waals surface area contributed by atoms with Crippen molar-refractivity contribution in [3.8, 4) is 0 Å². The van der Waals surface area contributed by atoms with Gasteiger partial charge in [-0.3, -0.25) is 14.4 Å². The Morgan fingerprint density at radius 3 is 2.37 bits per heavy atom. The lowest BCUT2D eigenvalue weighted by atomic mass is 9.81. The van der Waals surface area contributed by atoms with Gasteiger partial charge in [-0.25, -0.2) is 4.79 Å². The number of nitrogens with zero attached hydrogens (tertiary/aromatic N) is 1. The number of piperidine rings is 1. The number of nitrogens with two attached hydrogens (primary N) is 1. The molecule has 12 nitrogen and oxygen atoms in total. The predicted molar refractivity (Wildman–Crippen MR) is 218 cm³/mol. The summed E-state index contributed by atoms with van der Waals surface area (Å²) in [6, 6.07) is -1.19. The Bertz CT molecular complexity index is 1460. The molecule has 2 saturated heterocycles. The third-order valence-electron chi connectivity index (χ3n) is 13.0. The van der Waals surface area contributed by atoms with E-state index in [4.69, 9.17) is 29.4 Å². The number of allylic oxidation sites excluding steroid dienone is 3. The highest BCUT2D eigenvalue weighted by Crippen LogP contribution is 2.39. The second-order valence-electron chi connectivity index (χ2n) is 17.5. The van der Waals surface area contributed by atoms with Gasteiger partial charge >= 0.3 is 5.97 Å². The number of Topliss-reactive ketones (excluding diaryl/α,β-unsaturated/α-hetero) is 2. The molecule has 0 spiro atoms. The van der Waals surface area contributed by atoms with Crippen molar-refractivity contribution < 1.29 is 48.0 Å². The summed E-state index contributed by atoms with van der Waals surface area (Å²) in [5, 5.41) is 12.0. The zero-order chi connectivity index (χ0) is 42.0. The monoisotopic (exact) mass is 801 g/mol. The number of aliphatic hydroxyl groups is 1. The fourth-order valence-electron chi connectivity index (χ4n) is 9.61. The summed E-state index contributed by atoms with van der Waals surface area (Å²) in [6.45, 7) is 16.1. The molecule has 3 heterocycles.